The van der Waals surface area contributed by atoms with Crippen molar-refractivity contribution in [2.45, 2.75) is 40.3 Å². The minimum absolute atomic E-state index is 0.490. The van der Waals surface area contributed by atoms with Crippen LogP contribution >= 0.6 is 15.9 Å². The lowest BCUT2D eigenvalue weighted by molar-refractivity contribution is 0.477. The quantitative estimate of drug-likeness (QED) is 0.786. The van der Waals surface area contributed by atoms with Crippen molar-refractivity contribution >= 4 is 15.9 Å². The Bertz CT molecular complexity index is 623. The van der Waals surface area contributed by atoms with Gasteiger partial charge in [0.1, 0.15) is 11.5 Å². The van der Waals surface area contributed by atoms with Gasteiger partial charge in [-0.25, -0.2) is 0 Å². The van der Waals surface area contributed by atoms with Gasteiger partial charge in [-0.05, 0) is 54.8 Å². The highest BCUT2D eigenvalue weighted by Crippen LogP contribution is 2.29. The first-order chi connectivity index (χ1) is 9.95. The summed E-state index contributed by atoms with van der Waals surface area (Å²) in [5, 5.41) is 3.44. The molecule has 0 bridgehead atoms. The molecule has 0 fully saturated rings. The topological polar surface area (TPSA) is 21.3 Å². The summed E-state index contributed by atoms with van der Waals surface area (Å²) in [5.41, 5.74) is 3.68. The third-order valence-electron chi connectivity index (χ3n) is 3.39. The molecule has 0 spiro atoms. The van der Waals surface area contributed by atoms with E-state index in [1.807, 2.05) is 24.3 Å². The monoisotopic (exact) mass is 347 g/mol. The molecule has 0 unspecified atom stereocenters. The first kappa shape index (κ1) is 16.1. The SMILES string of the molecule is Cc1cc(Oc2cc(Br)ccc2C)ccc1CNC(C)C. The number of hydrogen-bond donors (Lipinski definition) is 1. The number of halogens is 1. The fourth-order valence-electron chi connectivity index (χ4n) is 2.06. The maximum absolute atomic E-state index is 6.00. The van der Waals surface area contributed by atoms with Gasteiger partial charge in [0.2, 0.25) is 0 Å². The zero-order chi connectivity index (χ0) is 15.4. The molecule has 112 valence electrons. The highest BCUT2D eigenvalue weighted by atomic mass is 79.9. The Hall–Kier alpha value is -1.32. The highest BCUT2D eigenvalue weighted by Gasteiger charge is 2.05. The molecule has 0 aliphatic heterocycles. The molecule has 2 nitrogen and oxygen atoms in total. The second kappa shape index (κ2) is 7.10. The van der Waals surface area contributed by atoms with Gasteiger partial charge >= 0.3 is 0 Å². The van der Waals surface area contributed by atoms with Crippen molar-refractivity contribution in [3.8, 4) is 11.5 Å². The Balaban J connectivity index is 2.14. The normalized spacial score (nSPS) is 11.0. The van der Waals surface area contributed by atoms with Gasteiger partial charge in [0.05, 0.1) is 0 Å². The number of rotatable bonds is 5. The summed E-state index contributed by atoms with van der Waals surface area (Å²) in [7, 11) is 0. The Kier molecular flexibility index (Phi) is 5.43. The van der Waals surface area contributed by atoms with E-state index in [0.717, 1.165) is 28.1 Å². The van der Waals surface area contributed by atoms with Gasteiger partial charge in [-0.3, -0.25) is 0 Å². The maximum Gasteiger partial charge on any atom is 0.131 e. The fraction of sp³-hybridized carbons (Fsp3) is 0.333. The minimum atomic E-state index is 0.490. The van der Waals surface area contributed by atoms with Gasteiger partial charge in [0, 0.05) is 17.1 Å². The lowest BCUT2D eigenvalue weighted by atomic mass is 10.1. The highest BCUT2D eigenvalue weighted by molar-refractivity contribution is 9.10. The molecule has 0 aliphatic rings. The maximum atomic E-state index is 6.00. The number of nitrogens with one attached hydrogen (secondary N) is 1. The summed E-state index contributed by atoms with van der Waals surface area (Å²) in [6, 6.07) is 12.8. The van der Waals surface area contributed by atoms with Crippen LogP contribution in [-0.4, -0.2) is 6.04 Å². The van der Waals surface area contributed by atoms with E-state index in [4.69, 9.17) is 4.74 Å². The van der Waals surface area contributed by atoms with Crippen molar-refractivity contribution in [1.82, 2.24) is 5.32 Å². The number of aryl methyl sites for hydroxylation is 2. The van der Waals surface area contributed by atoms with E-state index in [9.17, 15) is 0 Å². The van der Waals surface area contributed by atoms with Gasteiger partial charge in [0.25, 0.3) is 0 Å². The Labute approximate surface area is 135 Å². The molecular weight excluding hydrogens is 326 g/mol. The molecule has 0 radical (unpaired) electrons. The van der Waals surface area contributed by atoms with Crippen LogP contribution in [0, 0.1) is 13.8 Å². The molecule has 0 aliphatic carbocycles. The van der Waals surface area contributed by atoms with Crippen LogP contribution in [0.3, 0.4) is 0 Å². The summed E-state index contributed by atoms with van der Waals surface area (Å²) in [4.78, 5) is 0. The standard InChI is InChI=1S/C18H22BrNO/c1-12(2)20-11-15-6-8-17(9-14(15)4)21-18-10-16(19)7-5-13(18)3/h5-10,12,20H,11H2,1-4H3. The molecule has 3 heteroatoms. The first-order valence-electron chi connectivity index (χ1n) is 7.22. The molecule has 2 aromatic carbocycles. The lowest BCUT2D eigenvalue weighted by Gasteiger charge is -2.13. The average molecular weight is 348 g/mol. The molecule has 1 N–H and O–H groups in total. The van der Waals surface area contributed by atoms with Crippen molar-refractivity contribution in [2.75, 3.05) is 0 Å². The largest absolute Gasteiger partial charge is 0.457 e. The van der Waals surface area contributed by atoms with Gasteiger partial charge in [-0.2, -0.15) is 0 Å². The number of hydrogen-bond acceptors (Lipinski definition) is 2. The second-order valence-corrected chi connectivity index (χ2v) is 6.55. The molecule has 0 aromatic heterocycles. The van der Waals surface area contributed by atoms with Crippen LogP contribution in [0.5, 0.6) is 11.5 Å². The summed E-state index contributed by atoms with van der Waals surface area (Å²) < 4.78 is 7.03. The van der Waals surface area contributed by atoms with Crippen molar-refractivity contribution in [2.24, 2.45) is 0 Å². The fourth-order valence-corrected chi connectivity index (χ4v) is 2.40. The Morgan fingerprint density at radius 1 is 1.05 bits per heavy atom. The predicted octanol–water partition coefficient (Wildman–Crippen LogP) is 5.36. The predicted molar refractivity (Wildman–Crippen MR) is 92.1 cm³/mol. The molecule has 0 saturated carbocycles. The molecule has 0 atom stereocenters. The van der Waals surface area contributed by atoms with E-state index in [1.165, 1.54) is 11.1 Å². The van der Waals surface area contributed by atoms with E-state index >= 15 is 0 Å². The zero-order valence-electron chi connectivity index (χ0n) is 13.0. The number of ether oxygens (including phenoxy) is 1. The van der Waals surface area contributed by atoms with Crippen molar-refractivity contribution < 1.29 is 4.74 Å². The number of benzene rings is 2. The van der Waals surface area contributed by atoms with Gasteiger partial charge < -0.3 is 10.1 Å². The van der Waals surface area contributed by atoms with Crippen LogP contribution in [0.25, 0.3) is 0 Å². The first-order valence-corrected chi connectivity index (χ1v) is 8.02. The van der Waals surface area contributed by atoms with Gasteiger partial charge in [-0.1, -0.05) is 41.9 Å². The van der Waals surface area contributed by atoms with Crippen LogP contribution in [0.4, 0.5) is 0 Å². The second-order valence-electron chi connectivity index (χ2n) is 5.64. The Morgan fingerprint density at radius 3 is 2.48 bits per heavy atom. The van der Waals surface area contributed by atoms with E-state index in [-0.39, 0.29) is 0 Å². The van der Waals surface area contributed by atoms with Gasteiger partial charge in [0.15, 0.2) is 0 Å². The zero-order valence-corrected chi connectivity index (χ0v) is 14.6. The summed E-state index contributed by atoms with van der Waals surface area (Å²) in [6.07, 6.45) is 0. The van der Waals surface area contributed by atoms with Crippen LogP contribution in [0.2, 0.25) is 0 Å². The Morgan fingerprint density at radius 2 is 1.81 bits per heavy atom. The van der Waals surface area contributed by atoms with Crippen molar-refractivity contribution in [3.63, 3.8) is 0 Å². The summed E-state index contributed by atoms with van der Waals surface area (Å²) >= 11 is 3.48. The molecular formula is C18H22BrNO. The van der Waals surface area contributed by atoms with E-state index < -0.39 is 0 Å². The molecule has 0 saturated heterocycles. The van der Waals surface area contributed by atoms with Crippen LogP contribution in [0.1, 0.15) is 30.5 Å². The molecule has 0 heterocycles. The smallest absolute Gasteiger partial charge is 0.131 e. The minimum Gasteiger partial charge on any atom is -0.457 e. The molecule has 0 amide bonds. The van der Waals surface area contributed by atoms with Gasteiger partial charge in [-0.15, -0.1) is 0 Å². The molecule has 21 heavy (non-hydrogen) atoms. The van der Waals surface area contributed by atoms with Crippen molar-refractivity contribution in [3.05, 3.63) is 57.6 Å². The van der Waals surface area contributed by atoms with E-state index in [0.29, 0.717) is 6.04 Å². The lowest BCUT2D eigenvalue weighted by Crippen LogP contribution is -2.22. The van der Waals surface area contributed by atoms with Crippen LogP contribution < -0.4 is 10.1 Å². The molecule has 2 aromatic rings. The summed E-state index contributed by atoms with van der Waals surface area (Å²) in [6.45, 7) is 9.37. The van der Waals surface area contributed by atoms with E-state index in [1.54, 1.807) is 0 Å². The third-order valence-corrected chi connectivity index (χ3v) is 3.89. The van der Waals surface area contributed by atoms with Crippen molar-refractivity contribution in [1.29, 1.82) is 0 Å². The van der Waals surface area contributed by atoms with E-state index in [2.05, 4.69) is 61.1 Å². The average Bonchev–Trinajstić information content (AvgIpc) is 2.42. The summed E-state index contributed by atoms with van der Waals surface area (Å²) in [5.74, 6) is 1.76. The van der Waals surface area contributed by atoms with Crippen LogP contribution in [-0.2, 0) is 6.54 Å². The molecule has 2 rings (SSSR count). The van der Waals surface area contributed by atoms with Crippen LogP contribution in [0.15, 0.2) is 40.9 Å². The third kappa shape index (κ3) is 4.58.